The average molecular weight is 235 g/mol. The molecule has 0 aliphatic heterocycles. The Labute approximate surface area is 92.3 Å². The van der Waals surface area contributed by atoms with E-state index in [9.17, 15) is 4.57 Å². The Bertz CT molecular complexity index is 207. The van der Waals surface area contributed by atoms with E-state index in [1.165, 1.54) is 46.3 Å². The van der Waals surface area contributed by atoms with E-state index in [0.717, 1.165) is 12.8 Å². The molecule has 5 heteroatoms. The fourth-order valence-electron chi connectivity index (χ4n) is 1.99. The van der Waals surface area contributed by atoms with Crippen LogP contribution in [0.5, 0.6) is 0 Å². The number of hydrogen-bond acceptors (Lipinski definition) is 3. The van der Waals surface area contributed by atoms with Crippen LogP contribution < -0.4 is 5.09 Å². The highest BCUT2D eigenvalue weighted by Gasteiger charge is 2.25. The van der Waals surface area contributed by atoms with Crippen LogP contribution in [-0.2, 0) is 13.6 Å². The molecule has 4 nitrogen and oxygen atoms in total. The molecule has 0 heterocycles. The zero-order valence-electron chi connectivity index (χ0n) is 9.70. The second kappa shape index (κ2) is 6.64. The fourth-order valence-corrected chi connectivity index (χ4v) is 3.05. The molecule has 1 rings (SSSR count). The lowest BCUT2D eigenvalue weighted by atomic mass is 9.97. The summed E-state index contributed by atoms with van der Waals surface area (Å²) in [6.45, 7) is 0. The molecule has 0 unspecified atom stereocenters. The van der Waals surface area contributed by atoms with Crippen molar-refractivity contribution in [3.8, 4) is 0 Å². The predicted octanol–water partition coefficient (Wildman–Crippen LogP) is 3.09. The van der Waals surface area contributed by atoms with E-state index < -0.39 is 7.75 Å². The molecule has 0 spiro atoms. The first kappa shape index (κ1) is 13.2. The second-order valence-corrected chi connectivity index (χ2v) is 6.02. The van der Waals surface area contributed by atoms with E-state index in [1.807, 2.05) is 0 Å². The highest BCUT2D eigenvalue weighted by atomic mass is 31.2. The van der Waals surface area contributed by atoms with E-state index >= 15 is 0 Å². The summed E-state index contributed by atoms with van der Waals surface area (Å²) >= 11 is 0. The van der Waals surface area contributed by atoms with Crippen LogP contribution in [0.25, 0.3) is 0 Å². The molecule has 90 valence electrons. The van der Waals surface area contributed by atoms with Crippen molar-refractivity contribution < 1.29 is 13.6 Å². The smallest absolute Gasteiger partial charge is 0.300 e. The van der Waals surface area contributed by atoms with Crippen LogP contribution in [0.3, 0.4) is 0 Å². The molecule has 0 aromatic carbocycles. The normalized spacial score (nSPS) is 20.9. The standard InChI is InChI=1S/C10H22NO3P/c1-13-15(12,14-2)11-10-8-6-4-3-5-7-9-10/h10H,3-9H2,1-2H3,(H,11,12). The summed E-state index contributed by atoms with van der Waals surface area (Å²) in [6.07, 6.45) is 8.42. The Balaban J connectivity index is 2.43. The van der Waals surface area contributed by atoms with E-state index in [2.05, 4.69) is 5.09 Å². The maximum absolute atomic E-state index is 11.9. The van der Waals surface area contributed by atoms with Gasteiger partial charge in [0.05, 0.1) is 0 Å². The third-order valence-corrected chi connectivity index (χ3v) is 4.57. The molecule has 0 bridgehead atoms. The lowest BCUT2D eigenvalue weighted by Gasteiger charge is -2.24. The van der Waals surface area contributed by atoms with Gasteiger partial charge in [-0.2, -0.15) is 0 Å². The minimum absolute atomic E-state index is 0.274. The van der Waals surface area contributed by atoms with Gasteiger partial charge in [-0.1, -0.05) is 32.1 Å². The average Bonchev–Trinajstić information content (AvgIpc) is 2.22. The number of rotatable bonds is 4. The zero-order valence-corrected chi connectivity index (χ0v) is 10.6. The SMILES string of the molecule is COP(=O)(NC1CCCCCCC1)OC. The first-order chi connectivity index (χ1) is 7.20. The van der Waals surface area contributed by atoms with Gasteiger partial charge in [0.2, 0.25) is 0 Å². The Morgan fingerprint density at radius 3 is 1.93 bits per heavy atom. The predicted molar refractivity (Wildman–Crippen MR) is 60.9 cm³/mol. The summed E-state index contributed by atoms with van der Waals surface area (Å²) in [5.41, 5.74) is 0. The maximum atomic E-state index is 11.9. The highest BCUT2D eigenvalue weighted by molar-refractivity contribution is 7.51. The van der Waals surface area contributed by atoms with Crippen molar-refractivity contribution in [1.82, 2.24) is 5.09 Å². The van der Waals surface area contributed by atoms with Gasteiger partial charge < -0.3 is 9.05 Å². The number of hydrogen-bond donors (Lipinski definition) is 1. The third kappa shape index (κ3) is 4.64. The first-order valence-electron chi connectivity index (χ1n) is 5.69. The first-order valence-corrected chi connectivity index (χ1v) is 7.24. The monoisotopic (exact) mass is 235 g/mol. The minimum Gasteiger partial charge on any atom is -0.300 e. The van der Waals surface area contributed by atoms with Gasteiger partial charge in [-0.25, -0.2) is 9.65 Å². The van der Waals surface area contributed by atoms with E-state index in [-0.39, 0.29) is 6.04 Å². The molecule has 0 aromatic rings. The third-order valence-electron chi connectivity index (χ3n) is 2.93. The molecular formula is C10H22NO3P. The molecule has 0 aromatic heterocycles. The molecule has 1 saturated carbocycles. The van der Waals surface area contributed by atoms with E-state index in [1.54, 1.807) is 0 Å². The van der Waals surface area contributed by atoms with Crippen LogP contribution in [0.15, 0.2) is 0 Å². The van der Waals surface area contributed by atoms with Gasteiger partial charge >= 0.3 is 7.75 Å². The maximum Gasteiger partial charge on any atom is 0.405 e. The molecule has 15 heavy (non-hydrogen) atoms. The quantitative estimate of drug-likeness (QED) is 0.761. The van der Waals surface area contributed by atoms with Crippen molar-refractivity contribution in [2.75, 3.05) is 14.2 Å². The molecule has 0 atom stereocenters. The molecule has 1 N–H and O–H groups in total. The van der Waals surface area contributed by atoms with Crippen molar-refractivity contribution in [3.05, 3.63) is 0 Å². The Hall–Kier alpha value is 0.110. The van der Waals surface area contributed by atoms with Crippen LogP contribution in [0.1, 0.15) is 44.9 Å². The summed E-state index contributed by atoms with van der Waals surface area (Å²) in [5.74, 6) is 0. The van der Waals surface area contributed by atoms with E-state index in [4.69, 9.17) is 9.05 Å². The number of nitrogens with one attached hydrogen (secondary N) is 1. The Morgan fingerprint density at radius 2 is 1.47 bits per heavy atom. The van der Waals surface area contributed by atoms with Gasteiger partial charge in [0.15, 0.2) is 0 Å². The fraction of sp³-hybridized carbons (Fsp3) is 1.00. The largest absolute Gasteiger partial charge is 0.405 e. The van der Waals surface area contributed by atoms with Gasteiger partial charge in [-0.05, 0) is 12.8 Å². The summed E-state index contributed by atoms with van der Waals surface area (Å²) < 4.78 is 21.6. The highest BCUT2D eigenvalue weighted by Crippen LogP contribution is 2.43. The Morgan fingerprint density at radius 1 is 1.00 bits per heavy atom. The second-order valence-electron chi connectivity index (χ2n) is 4.03. The molecule has 1 aliphatic rings. The van der Waals surface area contributed by atoms with Gasteiger partial charge in [0, 0.05) is 20.3 Å². The topological polar surface area (TPSA) is 47.6 Å². The van der Waals surface area contributed by atoms with E-state index in [0.29, 0.717) is 0 Å². The van der Waals surface area contributed by atoms with Gasteiger partial charge in [-0.3, -0.25) is 0 Å². The van der Waals surface area contributed by atoms with Crippen LogP contribution in [0.2, 0.25) is 0 Å². The van der Waals surface area contributed by atoms with Gasteiger partial charge in [0.1, 0.15) is 0 Å². The van der Waals surface area contributed by atoms with Crippen molar-refractivity contribution in [1.29, 1.82) is 0 Å². The van der Waals surface area contributed by atoms with Gasteiger partial charge in [-0.15, -0.1) is 0 Å². The molecular weight excluding hydrogens is 213 g/mol. The molecule has 0 amide bonds. The summed E-state index contributed by atoms with van der Waals surface area (Å²) in [6, 6.07) is 0.274. The van der Waals surface area contributed by atoms with Crippen molar-refractivity contribution in [2.24, 2.45) is 0 Å². The van der Waals surface area contributed by atoms with Crippen LogP contribution >= 0.6 is 7.75 Å². The van der Waals surface area contributed by atoms with Gasteiger partial charge in [0.25, 0.3) is 0 Å². The summed E-state index contributed by atoms with van der Waals surface area (Å²) in [4.78, 5) is 0. The molecule has 1 fully saturated rings. The van der Waals surface area contributed by atoms with Crippen molar-refractivity contribution in [3.63, 3.8) is 0 Å². The van der Waals surface area contributed by atoms with Crippen molar-refractivity contribution >= 4 is 7.75 Å². The Kier molecular flexibility index (Phi) is 5.83. The van der Waals surface area contributed by atoms with Crippen LogP contribution in [0, 0.1) is 0 Å². The molecule has 0 saturated heterocycles. The lowest BCUT2D eigenvalue weighted by molar-refractivity contribution is 0.253. The summed E-state index contributed by atoms with van der Waals surface area (Å²) in [5, 5.41) is 3.01. The zero-order chi connectivity index (χ0) is 11.1. The summed E-state index contributed by atoms with van der Waals surface area (Å²) in [7, 11) is -0.199. The minimum atomic E-state index is -3.03. The van der Waals surface area contributed by atoms with Crippen LogP contribution in [0.4, 0.5) is 0 Å². The molecule has 1 aliphatic carbocycles. The molecule has 0 radical (unpaired) electrons. The van der Waals surface area contributed by atoms with Crippen molar-refractivity contribution in [2.45, 2.75) is 51.0 Å². The lowest BCUT2D eigenvalue weighted by Crippen LogP contribution is -2.28. The van der Waals surface area contributed by atoms with Crippen LogP contribution in [-0.4, -0.2) is 20.3 Å².